The van der Waals surface area contributed by atoms with Crippen LogP contribution in [0.3, 0.4) is 0 Å². The number of benzene rings is 1. The molecule has 3 N–H and O–H groups in total. The van der Waals surface area contributed by atoms with Crippen LogP contribution in [-0.2, 0) is 6.54 Å². The Morgan fingerprint density at radius 1 is 1.45 bits per heavy atom. The van der Waals surface area contributed by atoms with E-state index in [-0.39, 0.29) is 10.8 Å². The summed E-state index contributed by atoms with van der Waals surface area (Å²) < 4.78 is 1.36. The number of halogens is 1. The molecule has 20 heavy (non-hydrogen) atoms. The van der Waals surface area contributed by atoms with Gasteiger partial charge in [0.1, 0.15) is 0 Å². The summed E-state index contributed by atoms with van der Waals surface area (Å²) >= 11 is 5.70. The zero-order valence-corrected chi connectivity index (χ0v) is 10.9. The van der Waals surface area contributed by atoms with E-state index in [1.54, 1.807) is 24.3 Å². The number of hydrazine groups is 1. The van der Waals surface area contributed by atoms with Crippen molar-refractivity contribution in [1.29, 1.82) is 0 Å². The molecular formula is C11H10ClN5O3. The highest BCUT2D eigenvalue weighted by atomic mass is 35.5. The van der Waals surface area contributed by atoms with Crippen molar-refractivity contribution >= 4 is 23.3 Å². The first kappa shape index (κ1) is 14.0. The van der Waals surface area contributed by atoms with E-state index in [1.807, 2.05) is 5.43 Å². The number of amides is 1. The molecule has 1 aromatic carbocycles. The van der Waals surface area contributed by atoms with E-state index in [4.69, 9.17) is 17.4 Å². The normalized spacial score (nSPS) is 10.3. The SMILES string of the molecule is NNC(=O)c1ccc(Cn2cc(Cl)c([N+](=O)[O-])n2)cc1. The van der Waals surface area contributed by atoms with Crippen molar-refractivity contribution in [3.8, 4) is 0 Å². The van der Waals surface area contributed by atoms with E-state index in [0.29, 0.717) is 12.1 Å². The van der Waals surface area contributed by atoms with Crippen molar-refractivity contribution in [3.05, 3.63) is 56.7 Å². The minimum Gasteiger partial charge on any atom is -0.358 e. The van der Waals surface area contributed by atoms with Gasteiger partial charge in [-0.3, -0.25) is 10.2 Å². The first-order valence-corrected chi connectivity index (χ1v) is 5.86. The summed E-state index contributed by atoms with van der Waals surface area (Å²) in [6.45, 7) is 0.304. The minimum absolute atomic E-state index is 0.0193. The molecule has 1 amide bonds. The Kier molecular flexibility index (Phi) is 3.97. The fourth-order valence-electron chi connectivity index (χ4n) is 1.62. The Balaban J connectivity index is 2.16. The number of carbonyl (C=O) groups excluding carboxylic acids is 1. The standard InChI is InChI=1S/C11H10ClN5O3/c12-9-6-16(15-10(9)17(19)20)5-7-1-3-8(4-2-7)11(18)14-13/h1-4,6H,5,13H2,(H,14,18). The Morgan fingerprint density at radius 3 is 2.60 bits per heavy atom. The van der Waals surface area contributed by atoms with Gasteiger partial charge in [0.15, 0.2) is 5.02 Å². The van der Waals surface area contributed by atoms with Crippen molar-refractivity contribution in [2.75, 3.05) is 0 Å². The van der Waals surface area contributed by atoms with Crippen LogP contribution in [0.4, 0.5) is 5.82 Å². The van der Waals surface area contributed by atoms with E-state index in [0.717, 1.165) is 5.56 Å². The van der Waals surface area contributed by atoms with Crippen LogP contribution in [0, 0.1) is 10.1 Å². The van der Waals surface area contributed by atoms with Crippen LogP contribution in [0.25, 0.3) is 0 Å². The van der Waals surface area contributed by atoms with Crippen LogP contribution in [0.5, 0.6) is 0 Å². The highest BCUT2D eigenvalue weighted by Gasteiger charge is 2.18. The van der Waals surface area contributed by atoms with E-state index < -0.39 is 10.8 Å². The lowest BCUT2D eigenvalue weighted by atomic mass is 10.1. The minimum atomic E-state index is -0.645. The number of nitro groups is 1. The van der Waals surface area contributed by atoms with Crippen molar-refractivity contribution in [2.24, 2.45) is 5.84 Å². The van der Waals surface area contributed by atoms with Gasteiger partial charge >= 0.3 is 5.82 Å². The molecule has 0 saturated carbocycles. The zero-order chi connectivity index (χ0) is 14.7. The average molecular weight is 296 g/mol. The molecule has 0 fully saturated rings. The Hall–Kier alpha value is -2.45. The maximum absolute atomic E-state index is 11.3. The molecule has 0 spiro atoms. The molecule has 8 nitrogen and oxygen atoms in total. The van der Waals surface area contributed by atoms with Crippen molar-refractivity contribution in [1.82, 2.24) is 15.2 Å². The van der Waals surface area contributed by atoms with Crippen LogP contribution in [0.1, 0.15) is 15.9 Å². The molecule has 2 rings (SSSR count). The quantitative estimate of drug-likeness (QED) is 0.379. The molecule has 0 radical (unpaired) electrons. The summed E-state index contributed by atoms with van der Waals surface area (Å²) in [7, 11) is 0. The number of hydrogen-bond donors (Lipinski definition) is 2. The van der Waals surface area contributed by atoms with Gasteiger partial charge in [0.05, 0.1) is 17.8 Å². The number of rotatable bonds is 4. The van der Waals surface area contributed by atoms with Gasteiger partial charge in [-0.15, -0.1) is 0 Å². The fourth-order valence-corrected chi connectivity index (χ4v) is 1.84. The summed E-state index contributed by atoms with van der Waals surface area (Å²) in [6, 6.07) is 6.59. The summed E-state index contributed by atoms with van der Waals surface area (Å²) in [6.07, 6.45) is 1.38. The molecule has 0 atom stereocenters. The molecule has 2 aromatic rings. The third-order valence-electron chi connectivity index (χ3n) is 2.56. The largest absolute Gasteiger partial charge is 0.408 e. The van der Waals surface area contributed by atoms with Crippen molar-refractivity contribution in [3.63, 3.8) is 0 Å². The molecule has 9 heteroatoms. The first-order chi connectivity index (χ1) is 9.51. The number of nitrogen functional groups attached to an aromatic ring is 1. The number of nitrogens with one attached hydrogen (secondary N) is 1. The molecule has 0 unspecified atom stereocenters. The summed E-state index contributed by atoms with van der Waals surface area (Å²) in [5, 5.41) is 14.4. The molecule has 1 heterocycles. The second-order valence-corrected chi connectivity index (χ2v) is 4.33. The molecule has 0 aliphatic heterocycles. The predicted octanol–water partition coefficient (Wildman–Crippen LogP) is 1.10. The van der Waals surface area contributed by atoms with Gasteiger partial charge in [-0.1, -0.05) is 23.7 Å². The van der Waals surface area contributed by atoms with Gasteiger partial charge in [-0.2, -0.15) is 4.68 Å². The number of carbonyl (C=O) groups is 1. The topological polar surface area (TPSA) is 116 Å². The van der Waals surface area contributed by atoms with E-state index in [1.165, 1.54) is 10.9 Å². The summed E-state index contributed by atoms with van der Waals surface area (Å²) in [5.41, 5.74) is 3.25. The van der Waals surface area contributed by atoms with Crippen LogP contribution in [0.2, 0.25) is 5.02 Å². The number of aromatic nitrogens is 2. The molecule has 0 bridgehead atoms. The lowest BCUT2D eigenvalue weighted by Crippen LogP contribution is -2.29. The smallest absolute Gasteiger partial charge is 0.358 e. The highest BCUT2D eigenvalue weighted by Crippen LogP contribution is 2.21. The monoisotopic (exact) mass is 295 g/mol. The molecule has 0 aliphatic carbocycles. The molecule has 1 aromatic heterocycles. The second kappa shape index (κ2) is 5.68. The van der Waals surface area contributed by atoms with Crippen LogP contribution in [0.15, 0.2) is 30.5 Å². The van der Waals surface area contributed by atoms with E-state index >= 15 is 0 Å². The Bertz CT molecular complexity index is 653. The second-order valence-electron chi connectivity index (χ2n) is 3.93. The van der Waals surface area contributed by atoms with Crippen LogP contribution >= 0.6 is 11.6 Å². The Labute approximate surface area is 118 Å². The summed E-state index contributed by atoms with van der Waals surface area (Å²) in [5.74, 6) is 4.24. The van der Waals surface area contributed by atoms with Crippen LogP contribution in [-0.4, -0.2) is 20.6 Å². The first-order valence-electron chi connectivity index (χ1n) is 5.48. The molecule has 0 saturated heterocycles. The van der Waals surface area contributed by atoms with E-state index in [2.05, 4.69) is 5.10 Å². The number of hydrogen-bond acceptors (Lipinski definition) is 5. The number of nitrogens with two attached hydrogens (primary N) is 1. The van der Waals surface area contributed by atoms with Gasteiger partial charge in [0.2, 0.25) is 0 Å². The lowest BCUT2D eigenvalue weighted by molar-refractivity contribution is -0.389. The predicted molar refractivity (Wildman–Crippen MR) is 71.1 cm³/mol. The average Bonchev–Trinajstić information content (AvgIpc) is 2.79. The van der Waals surface area contributed by atoms with E-state index in [9.17, 15) is 14.9 Å². The molecular weight excluding hydrogens is 286 g/mol. The molecule has 104 valence electrons. The fraction of sp³-hybridized carbons (Fsp3) is 0.0909. The van der Waals surface area contributed by atoms with Gasteiger partial charge in [-0.25, -0.2) is 5.84 Å². The van der Waals surface area contributed by atoms with Crippen molar-refractivity contribution < 1.29 is 9.72 Å². The third kappa shape index (κ3) is 2.92. The maximum Gasteiger partial charge on any atom is 0.408 e. The number of nitrogens with zero attached hydrogens (tertiary/aromatic N) is 3. The van der Waals surface area contributed by atoms with Gasteiger partial charge in [-0.05, 0) is 22.6 Å². The van der Waals surface area contributed by atoms with Gasteiger partial charge in [0.25, 0.3) is 5.91 Å². The maximum atomic E-state index is 11.3. The Morgan fingerprint density at radius 2 is 2.10 bits per heavy atom. The molecule has 0 aliphatic rings. The van der Waals surface area contributed by atoms with Gasteiger partial charge in [0, 0.05) is 5.56 Å². The van der Waals surface area contributed by atoms with Gasteiger partial charge < -0.3 is 10.1 Å². The highest BCUT2D eigenvalue weighted by molar-refractivity contribution is 6.32. The summed E-state index contributed by atoms with van der Waals surface area (Å²) in [4.78, 5) is 21.2. The lowest BCUT2D eigenvalue weighted by Gasteiger charge is -2.01. The van der Waals surface area contributed by atoms with Crippen molar-refractivity contribution in [2.45, 2.75) is 6.54 Å². The third-order valence-corrected chi connectivity index (χ3v) is 2.83. The zero-order valence-electron chi connectivity index (χ0n) is 10.1. The van der Waals surface area contributed by atoms with Crippen LogP contribution < -0.4 is 11.3 Å².